The number of hydrogen-bond donors (Lipinski definition) is 3. The van der Waals surface area contributed by atoms with Crippen molar-refractivity contribution in [3.8, 4) is 0 Å². The first-order valence-electron chi connectivity index (χ1n) is 5.61. The molecule has 0 radical (unpaired) electrons. The van der Waals surface area contributed by atoms with Crippen LogP contribution in [0.25, 0.3) is 0 Å². The Bertz CT molecular complexity index is 372. The molecule has 1 aliphatic heterocycles. The second kappa shape index (κ2) is 4.99. The topological polar surface area (TPSA) is 67.2 Å². The second-order valence-corrected chi connectivity index (χ2v) is 4.21. The second-order valence-electron chi connectivity index (χ2n) is 4.21. The van der Waals surface area contributed by atoms with Crippen LogP contribution in [-0.4, -0.2) is 19.1 Å². The van der Waals surface area contributed by atoms with Gasteiger partial charge in [0.2, 0.25) is 0 Å². The van der Waals surface area contributed by atoms with Crippen molar-refractivity contribution < 1.29 is 4.79 Å². The summed E-state index contributed by atoms with van der Waals surface area (Å²) in [4.78, 5) is 10.9. The number of rotatable bonds is 3. The highest BCUT2D eigenvalue weighted by Gasteiger charge is 2.16. The predicted octanol–water partition coefficient (Wildman–Crippen LogP) is 1.33. The first-order valence-corrected chi connectivity index (χ1v) is 5.61. The Labute approximate surface area is 95.2 Å². The van der Waals surface area contributed by atoms with Gasteiger partial charge in [-0.1, -0.05) is 18.2 Å². The maximum Gasteiger partial charge on any atom is 0.316 e. The number of benzene rings is 1. The molecule has 1 aliphatic rings. The highest BCUT2D eigenvalue weighted by Crippen LogP contribution is 2.21. The van der Waals surface area contributed by atoms with E-state index in [2.05, 4.69) is 10.6 Å². The Morgan fingerprint density at radius 3 is 3.00 bits per heavy atom. The molecule has 1 saturated heterocycles. The number of nitrogens with one attached hydrogen (secondary N) is 2. The molecule has 2 amide bonds. The SMILES string of the molecule is NC(=O)Nc1ccccc1CC1CCNC1. The molecule has 1 unspecified atom stereocenters. The Hall–Kier alpha value is -1.55. The van der Waals surface area contributed by atoms with Gasteiger partial charge in [-0.05, 0) is 43.5 Å². The first kappa shape index (κ1) is 11.0. The fourth-order valence-corrected chi connectivity index (χ4v) is 2.15. The first-order chi connectivity index (χ1) is 7.75. The fourth-order valence-electron chi connectivity index (χ4n) is 2.15. The molecule has 1 fully saturated rings. The summed E-state index contributed by atoms with van der Waals surface area (Å²) in [7, 11) is 0. The van der Waals surface area contributed by atoms with Crippen LogP contribution < -0.4 is 16.4 Å². The van der Waals surface area contributed by atoms with E-state index >= 15 is 0 Å². The summed E-state index contributed by atoms with van der Waals surface area (Å²) in [5.41, 5.74) is 7.14. The highest BCUT2D eigenvalue weighted by atomic mass is 16.2. The van der Waals surface area contributed by atoms with Gasteiger partial charge in [0.15, 0.2) is 0 Å². The van der Waals surface area contributed by atoms with E-state index in [1.54, 1.807) is 0 Å². The minimum absolute atomic E-state index is 0.503. The van der Waals surface area contributed by atoms with Gasteiger partial charge in [-0.2, -0.15) is 0 Å². The minimum atomic E-state index is -0.503. The summed E-state index contributed by atoms with van der Waals surface area (Å²) in [5.74, 6) is 0.663. The molecule has 4 N–H and O–H groups in total. The molecule has 0 aromatic heterocycles. The summed E-state index contributed by atoms with van der Waals surface area (Å²) in [5, 5.41) is 6.01. The lowest BCUT2D eigenvalue weighted by atomic mass is 9.97. The summed E-state index contributed by atoms with van der Waals surface area (Å²) < 4.78 is 0. The van der Waals surface area contributed by atoms with Crippen LogP contribution in [-0.2, 0) is 6.42 Å². The molecule has 4 nitrogen and oxygen atoms in total. The van der Waals surface area contributed by atoms with Crippen LogP contribution in [0, 0.1) is 5.92 Å². The monoisotopic (exact) mass is 219 g/mol. The molecule has 1 heterocycles. The third-order valence-electron chi connectivity index (χ3n) is 2.95. The van der Waals surface area contributed by atoms with E-state index in [1.165, 1.54) is 6.42 Å². The van der Waals surface area contributed by atoms with Crippen LogP contribution in [0.3, 0.4) is 0 Å². The number of carbonyl (C=O) groups is 1. The van der Waals surface area contributed by atoms with Crippen LogP contribution in [0.1, 0.15) is 12.0 Å². The van der Waals surface area contributed by atoms with Gasteiger partial charge in [-0.15, -0.1) is 0 Å². The van der Waals surface area contributed by atoms with E-state index in [9.17, 15) is 4.79 Å². The van der Waals surface area contributed by atoms with Crippen molar-refractivity contribution in [2.24, 2.45) is 11.7 Å². The molecular weight excluding hydrogens is 202 g/mol. The largest absolute Gasteiger partial charge is 0.351 e. The normalized spacial score (nSPS) is 19.6. The molecule has 2 rings (SSSR count). The molecule has 16 heavy (non-hydrogen) atoms. The Morgan fingerprint density at radius 2 is 2.31 bits per heavy atom. The van der Waals surface area contributed by atoms with E-state index in [-0.39, 0.29) is 0 Å². The maximum absolute atomic E-state index is 10.9. The number of hydrogen-bond acceptors (Lipinski definition) is 2. The van der Waals surface area contributed by atoms with Crippen LogP contribution in [0.15, 0.2) is 24.3 Å². The molecule has 86 valence electrons. The number of nitrogens with two attached hydrogens (primary N) is 1. The third kappa shape index (κ3) is 2.73. The van der Waals surface area contributed by atoms with E-state index in [0.717, 1.165) is 30.8 Å². The van der Waals surface area contributed by atoms with Gasteiger partial charge >= 0.3 is 6.03 Å². The smallest absolute Gasteiger partial charge is 0.316 e. The van der Waals surface area contributed by atoms with E-state index in [4.69, 9.17) is 5.73 Å². The van der Waals surface area contributed by atoms with Crippen molar-refractivity contribution in [3.63, 3.8) is 0 Å². The lowest BCUT2D eigenvalue weighted by Gasteiger charge is -2.12. The quantitative estimate of drug-likeness (QED) is 0.718. The average molecular weight is 219 g/mol. The van der Waals surface area contributed by atoms with Crippen molar-refractivity contribution in [1.82, 2.24) is 5.32 Å². The molecule has 1 atom stereocenters. The number of para-hydroxylation sites is 1. The van der Waals surface area contributed by atoms with Gasteiger partial charge in [0.25, 0.3) is 0 Å². The number of primary amides is 1. The molecule has 0 aliphatic carbocycles. The van der Waals surface area contributed by atoms with Crippen molar-refractivity contribution >= 4 is 11.7 Å². The summed E-state index contributed by atoms with van der Waals surface area (Å²) in [6, 6.07) is 7.33. The molecule has 1 aromatic carbocycles. The third-order valence-corrected chi connectivity index (χ3v) is 2.95. The van der Waals surface area contributed by atoms with Gasteiger partial charge in [0.05, 0.1) is 0 Å². The maximum atomic E-state index is 10.9. The summed E-state index contributed by atoms with van der Waals surface area (Å²) in [6.07, 6.45) is 2.19. The van der Waals surface area contributed by atoms with Gasteiger partial charge < -0.3 is 16.4 Å². The molecule has 0 spiro atoms. The van der Waals surface area contributed by atoms with Crippen molar-refractivity contribution in [1.29, 1.82) is 0 Å². The number of carbonyl (C=O) groups excluding carboxylic acids is 1. The van der Waals surface area contributed by atoms with Crippen LogP contribution in [0.2, 0.25) is 0 Å². The fraction of sp³-hybridized carbons (Fsp3) is 0.417. The van der Waals surface area contributed by atoms with Crippen LogP contribution in [0.4, 0.5) is 10.5 Å². The summed E-state index contributed by atoms with van der Waals surface area (Å²) in [6.45, 7) is 2.15. The van der Waals surface area contributed by atoms with Gasteiger partial charge in [0.1, 0.15) is 0 Å². The standard InChI is InChI=1S/C12H17N3O/c13-12(16)15-11-4-2-1-3-10(11)7-9-5-6-14-8-9/h1-4,9,14H,5-8H2,(H3,13,15,16). The van der Waals surface area contributed by atoms with Crippen LogP contribution in [0.5, 0.6) is 0 Å². The lowest BCUT2D eigenvalue weighted by molar-refractivity contribution is 0.259. The van der Waals surface area contributed by atoms with Gasteiger partial charge in [-0.25, -0.2) is 4.79 Å². The molecule has 1 aromatic rings. The van der Waals surface area contributed by atoms with E-state index < -0.39 is 6.03 Å². The van der Waals surface area contributed by atoms with Crippen molar-refractivity contribution in [3.05, 3.63) is 29.8 Å². The zero-order valence-corrected chi connectivity index (χ0v) is 9.20. The highest BCUT2D eigenvalue weighted by molar-refractivity contribution is 5.88. The molecule has 0 bridgehead atoms. The van der Waals surface area contributed by atoms with Gasteiger partial charge in [-0.3, -0.25) is 0 Å². The Morgan fingerprint density at radius 1 is 1.50 bits per heavy atom. The van der Waals surface area contributed by atoms with Crippen molar-refractivity contribution in [2.75, 3.05) is 18.4 Å². The molecule has 0 saturated carbocycles. The summed E-state index contributed by atoms with van der Waals surface area (Å²) >= 11 is 0. The lowest BCUT2D eigenvalue weighted by Crippen LogP contribution is -2.20. The Kier molecular flexibility index (Phi) is 3.41. The zero-order chi connectivity index (χ0) is 11.4. The zero-order valence-electron chi connectivity index (χ0n) is 9.20. The molecule has 4 heteroatoms. The number of urea groups is 1. The average Bonchev–Trinajstić information content (AvgIpc) is 2.73. The predicted molar refractivity (Wildman–Crippen MR) is 64.3 cm³/mol. The number of anilines is 1. The van der Waals surface area contributed by atoms with Crippen LogP contribution >= 0.6 is 0 Å². The molecular formula is C12H17N3O. The minimum Gasteiger partial charge on any atom is -0.351 e. The van der Waals surface area contributed by atoms with E-state index in [1.807, 2.05) is 24.3 Å². The Balaban J connectivity index is 2.09. The van der Waals surface area contributed by atoms with E-state index in [0.29, 0.717) is 5.92 Å². The van der Waals surface area contributed by atoms with Crippen molar-refractivity contribution in [2.45, 2.75) is 12.8 Å². The number of amides is 2. The van der Waals surface area contributed by atoms with Gasteiger partial charge in [0, 0.05) is 5.69 Å².